The van der Waals surface area contributed by atoms with Crippen molar-refractivity contribution in [2.24, 2.45) is 0 Å². The van der Waals surface area contributed by atoms with Crippen molar-refractivity contribution < 1.29 is 4.79 Å². The lowest BCUT2D eigenvalue weighted by Gasteiger charge is -2.10. The van der Waals surface area contributed by atoms with Crippen LogP contribution in [0.1, 0.15) is 51.3 Å². The normalized spacial score (nSPS) is 11.5. The fourth-order valence-electron chi connectivity index (χ4n) is 4.73. The van der Waals surface area contributed by atoms with E-state index in [2.05, 4.69) is 53.2 Å². The van der Waals surface area contributed by atoms with Gasteiger partial charge in [-0.1, -0.05) is 60.2 Å². The van der Waals surface area contributed by atoms with E-state index in [-0.39, 0.29) is 23.3 Å². The molecule has 0 amide bonds. The number of aromatic nitrogens is 4. The summed E-state index contributed by atoms with van der Waals surface area (Å²) in [6.45, 7) is 1.24. The minimum atomic E-state index is -0.309. The maximum Gasteiger partial charge on any atom is 0.261 e. The van der Waals surface area contributed by atoms with Crippen LogP contribution in [-0.4, -0.2) is 44.3 Å². The van der Waals surface area contributed by atoms with Crippen LogP contribution in [-0.2, 0) is 19.5 Å². The number of allylic oxidation sites excluding steroid dienone is 1. The van der Waals surface area contributed by atoms with Gasteiger partial charge in [0.1, 0.15) is 11.0 Å². The second-order valence-electron chi connectivity index (χ2n) is 10.5. The summed E-state index contributed by atoms with van der Waals surface area (Å²) in [5, 5.41) is 1.35. The monoisotopic (exact) mass is 577 g/mol. The van der Waals surface area contributed by atoms with Gasteiger partial charge in [-0.3, -0.25) is 9.59 Å². The summed E-state index contributed by atoms with van der Waals surface area (Å²) in [7, 11) is 4.13. The number of ketones is 1. The molecule has 0 N–H and O–H groups in total. The van der Waals surface area contributed by atoms with Crippen LogP contribution in [0.2, 0.25) is 5.15 Å². The van der Waals surface area contributed by atoms with Crippen LogP contribution in [0.5, 0.6) is 0 Å². The predicted molar refractivity (Wildman–Crippen MR) is 168 cm³/mol. The summed E-state index contributed by atoms with van der Waals surface area (Å²) >= 11 is 5.85. The van der Waals surface area contributed by atoms with Gasteiger partial charge in [0.15, 0.2) is 5.78 Å². The van der Waals surface area contributed by atoms with Gasteiger partial charge in [0, 0.05) is 43.4 Å². The van der Waals surface area contributed by atoms with Gasteiger partial charge in [-0.05, 0) is 73.1 Å². The number of rotatable bonds is 11. The van der Waals surface area contributed by atoms with E-state index in [1.165, 1.54) is 15.7 Å². The number of benzene rings is 2. The maximum absolute atomic E-state index is 12.9. The molecule has 7 nitrogen and oxygen atoms in total. The lowest BCUT2D eigenvalue weighted by molar-refractivity contribution is 0.0981. The Morgan fingerprint density at radius 2 is 1.74 bits per heavy atom. The molecule has 0 radical (unpaired) electrons. The first-order chi connectivity index (χ1) is 20.3. The molecule has 42 heavy (non-hydrogen) atoms. The van der Waals surface area contributed by atoms with Crippen LogP contribution in [0.3, 0.4) is 0 Å². The van der Waals surface area contributed by atoms with Gasteiger partial charge >= 0.3 is 0 Å². The number of hydrogen-bond acceptors (Lipinski definition) is 6. The van der Waals surface area contributed by atoms with Gasteiger partial charge in [0.2, 0.25) is 0 Å². The molecular formula is C34H32ClN5O2. The minimum Gasteiger partial charge on any atom is -0.310 e. The minimum absolute atomic E-state index is 0.181. The van der Waals surface area contributed by atoms with E-state index in [0.29, 0.717) is 24.5 Å². The molecule has 0 aliphatic carbocycles. The molecule has 0 aliphatic heterocycles. The van der Waals surface area contributed by atoms with Crippen LogP contribution >= 0.6 is 11.6 Å². The molecule has 5 aromatic rings. The highest BCUT2D eigenvalue weighted by Crippen LogP contribution is 2.17. The van der Waals surface area contributed by atoms with Crippen molar-refractivity contribution in [3.8, 4) is 0 Å². The molecule has 5 rings (SSSR count). The number of halogens is 1. The highest BCUT2D eigenvalue weighted by atomic mass is 35.5. The van der Waals surface area contributed by atoms with Gasteiger partial charge < -0.3 is 9.47 Å². The zero-order valence-corrected chi connectivity index (χ0v) is 24.5. The zero-order chi connectivity index (χ0) is 29.5. The van der Waals surface area contributed by atoms with Crippen molar-refractivity contribution in [1.82, 2.24) is 24.4 Å². The van der Waals surface area contributed by atoms with Gasteiger partial charge in [-0.2, -0.15) is 0 Å². The van der Waals surface area contributed by atoms with Crippen LogP contribution in [0, 0.1) is 0 Å². The highest BCUT2D eigenvalue weighted by molar-refractivity contribution is 6.29. The largest absolute Gasteiger partial charge is 0.310 e. The third-order valence-corrected chi connectivity index (χ3v) is 7.07. The number of carbonyl (C=O) groups excluding carboxylic acids is 1. The van der Waals surface area contributed by atoms with Crippen LogP contribution in [0.15, 0.2) is 96.2 Å². The van der Waals surface area contributed by atoms with E-state index in [0.717, 1.165) is 34.4 Å². The average Bonchev–Trinajstić information content (AvgIpc) is 2.98. The Labute approximate surface area is 250 Å². The maximum atomic E-state index is 12.9. The summed E-state index contributed by atoms with van der Waals surface area (Å²) in [4.78, 5) is 41.3. The van der Waals surface area contributed by atoms with Crippen molar-refractivity contribution in [3.63, 3.8) is 0 Å². The molecule has 0 atom stereocenters. The summed E-state index contributed by atoms with van der Waals surface area (Å²) in [5.74, 6) is 0.606. The Morgan fingerprint density at radius 3 is 2.50 bits per heavy atom. The van der Waals surface area contributed by atoms with Gasteiger partial charge in [0.25, 0.3) is 5.56 Å². The molecule has 212 valence electrons. The molecule has 0 unspecified atom stereocenters. The molecule has 0 saturated heterocycles. The molecular weight excluding hydrogens is 546 g/mol. The van der Waals surface area contributed by atoms with E-state index < -0.39 is 0 Å². The average molecular weight is 578 g/mol. The Kier molecular flexibility index (Phi) is 9.31. The summed E-state index contributed by atoms with van der Waals surface area (Å²) in [6.07, 6.45) is 10.5. The Bertz CT molecular complexity index is 1780. The predicted octanol–water partition coefficient (Wildman–Crippen LogP) is 6.22. The van der Waals surface area contributed by atoms with E-state index in [1.807, 2.05) is 42.6 Å². The lowest BCUT2D eigenvalue weighted by atomic mass is 10.1. The molecule has 2 aromatic carbocycles. The number of pyridine rings is 2. The third-order valence-electron chi connectivity index (χ3n) is 6.85. The van der Waals surface area contributed by atoms with Crippen molar-refractivity contribution in [2.75, 3.05) is 14.1 Å². The van der Waals surface area contributed by atoms with E-state index >= 15 is 0 Å². The van der Waals surface area contributed by atoms with Crippen molar-refractivity contribution >= 4 is 34.4 Å². The fraction of sp³-hybridized carbons (Fsp3) is 0.206. The van der Waals surface area contributed by atoms with Crippen LogP contribution in [0.4, 0.5) is 0 Å². The second-order valence-corrected chi connectivity index (χ2v) is 10.9. The lowest BCUT2D eigenvalue weighted by Crippen LogP contribution is -2.26. The molecule has 3 heterocycles. The second kappa shape index (κ2) is 13.5. The van der Waals surface area contributed by atoms with E-state index in [9.17, 15) is 9.59 Å². The van der Waals surface area contributed by atoms with Gasteiger partial charge in [-0.25, -0.2) is 15.0 Å². The first-order valence-corrected chi connectivity index (χ1v) is 14.2. The molecule has 0 bridgehead atoms. The van der Waals surface area contributed by atoms with E-state index in [4.69, 9.17) is 16.6 Å². The van der Waals surface area contributed by atoms with Crippen molar-refractivity contribution in [2.45, 2.75) is 32.4 Å². The number of fused-ring (bicyclic) bond motifs is 1. The number of carbonyl (C=O) groups is 1. The first kappa shape index (κ1) is 29.0. The van der Waals surface area contributed by atoms with Gasteiger partial charge in [0.05, 0.1) is 17.6 Å². The molecule has 8 heteroatoms. The van der Waals surface area contributed by atoms with Crippen LogP contribution in [0.25, 0.3) is 17.0 Å². The Balaban J connectivity index is 1.17. The number of hydrogen-bond donors (Lipinski definition) is 0. The summed E-state index contributed by atoms with van der Waals surface area (Å²) in [5.41, 5.74) is 5.07. The number of nitrogens with zero attached hydrogens (tertiary/aromatic N) is 5. The highest BCUT2D eigenvalue weighted by Gasteiger charge is 2.12. The Morgan fingerprint density at radius 1 is 0.952 bits per heavy atom. The number of Topliss-reactive ketones (excluding diaryl/α,β-unsaturated/α-hetero) is 1. The Hall–Kier alpha value is -4.46. The van der Waals surface area contributed by atoms with Crippen molar-refractivity contribution in [3.05, 3.63) is 141 Å². The zero-order valence-electron chi connectivity index (χ0n) is 23.7. The molecule has 0 saturated carbocycles. The summed E-state index contributed by atoms with van der Waals surface area (Å²) < 4.78 is 1.51. The first-order valence-electron chi connectivity index (χ1n) is 13.8. The van der Waals surface area contributed by atoms with Crippen molar-refractivity contribution in [1.29, 1.82) is 0 Å². The molecule has 0 fully saturated rings. The van der Waals surface area contributed by atoms with E-state index in [1.54, 1.807) is 30.6 Å². The SMILES string of the molecule is CN(C)Cc1ccc(Cc2ncc3cc(/C=C/CCC(=O)c4cccn(Cc5ccc(Cl)nc5)c4=O)ccc3n2)cc1. The molecule has 0 aliphatic rings. The van der Waals surface area contributed by atoms with Crippen LogP contribution < -0.4 is 5.56 Å². The van der Waals surface area contributed by atoms with Gasteiger partial charge in [-0.15, -0.1) is 0 Å². The topological polar surface area (TPSA) is 81.0 Å². The molecule has 3 aromatic heterocycles. The fourth-order valence-corrected chi connectivity index (χ4v) is 4.84. The smallest absolute Gasteiger partial charge is 0.261 e. The quantitative estimate of drug-likeness (QED) is 0.137. The third kappa shape index (κ3) is 7.63. The summed E-state index contributed by atoms with van der Waals surface area (Å²) in [6, 6.07) is 21.4. The molecule has 0 spiro atoms. The standard InChI is InChI=1S/C34H32ClN5O2/c1-39(2)22-26-11-9-25(10-12-26)19-33-37-21-28-18-24(13-15-30(28)38-33)6-3-4-8-31(41)29-7-5-17-40(34(29)42)23-27-14-16-32(35)36-20-27/h3,5-7,9-18,20-21H,4,8,19,22-23H2,1-2H3/b6-3+.